The van der Waals surface area contributed by atoms with Gasteiger partial charge >= 0.3 is 0 Å². The molecule has 0 aliphatic rings. The lowest BCUT2D eigenvalue weighted by Gasteiger charge is -2.08. The van der Waals surface area contributed by atoms with Crippen LogP contribution in [0.25, 0.3) is 5.76 Å². The summed E-state index contributed by atoms with van der Waals surface area (Å²) in [5.74, 6) is 0.712. The smallest absolute Gasteiger partial charge is 0.119 e. The molecule has 0 heterocycles. The third-order valence-corrected chi connectivity index (χ3v) is 2.35. The summed E-state index contributed by atoms with van der Waals surface area (Å²) in [4.78, 5) is 0. The summed E-state index contributed by atoms with van der Waals surface area (Å²) in [6, 6.07) is 20.0. The molecule has 0 atom stereocenters. The average Bonchev–Trinajstić information content (AvgIpc) is 2.38. The minimum Gasteiger partial charge on any atom is -0.489 e. The van der Waals surface area contributed by atoms with Crippen LogP contribution in [-0.2, 0) is 11.3 Å². The van der Waals surface area contributed by atoms with Crippen molar-refractivity contribution in [2.24, 2.45) is 0 Å². The molecule has 0 bridgehead atoms. The molecule has 0 N–H and O–H groups in total. The molecule has 2 aromatic rings. The minimum absolute atomic E-state index is 0.564. The van der Waals surface area contributed by atoms with Crippen LogP contribution >= 0.6 is 0 Å². The summed E-state index contributed by atoms with van der Waals surface area (Å²) in [5.41, 5.74) is 2.18. The lowest BCUT2D eigenvalue weighted by atomic mass is 10.2. The maximum Gasteiger partial charge on any atom is 0.119 e. The number of hydrogen-bond donors (Lipinski definition) is 0. The van der Waals surface area contributed by atoms with Crippen molar-refractivity contribution in [1.29, 1.82) is 0 Å². The zero-order valence-electron chi connectivity index (χ0n) is 9.10. The van der Waals surface area contributed by atoms with E-state index in [4.69, 9.17) is 4.74 Å². The molecule has 0 fully saturated rings. The quantitative estimate of drug-likeness (QED) is 0.696. The summed E-state index contributed by atoms with van der Waals surface area (Å²) in [6.45, 7) is 4.48. The van der Waals surface area contributed by atoms with Crippen LogP contribution in [0.1, 0.15) is 11.1 Å². The van der Waals surface area contributed by atoms with E-state index in [-0.39, 0.29) is 0 Å². The molecule has 0 unspecified atom stereocenters. The van der Waals surface area contributed by atoms with Crippen molar-refractivity contribution in [3.63, 3.8) is 0 Å². The summed E-state index contributed by atoms with van der Waals surface area (Å²) >= 11 is 0. The Bertz CT molecular complexity index is 445. The van der Waals surface area contributed by atoms with Gasteiger partial charge in [0.15, 0.2) is 0 Å². The number of rotatable bonds is 4. The van der Waals surface area contributed by atoms with E-state index in [0.717, 1.165) is 11.1 Å². The van der Waals surface area contributed by atoms with Crippen molar-refractivity contribution >= 4 is 5.76 Å². The van der Waals surface area contributed by atoms with Crippen LogP contribution in [0.3, 0.4) is 0 Å². The van der Waals surface area contributed by atoms with Gasteiger partial charge in [0, 0.05) is 5.56 Å². The second-order valence-electron chi connectivity index (χ2n) is 3.56. The lowest BCUT2D eigenvalue weighted by Crippen LogP contribution is -1.91. The van der Waals surface area contributed by atoms with Crippen LogP contribution in [0.4, 0.5) is 0 Å². The minimum atomic E-state index is 0.564. The van der Waals surface area contributed by atoms with Crippen molar-refractivity contribution in [2.75, 3.05) is 0 Å². The summed E-state index contributed by atoms with van der Waals surface area (Å²) in [6.07, 6.45) is 0. The van der Waals surface area contributed by atoms with Crippen molar-refractivity contribution in [2.45, 2.75) is 6.61 Å². The van der Waals surface area contributed by atoms with Gasteiger partial charge < -0.3 is 4.74 Å². The third kappa shape index (κ3) is 2.74. The van der Waals surface area contributed by atoms with Gasteiger partial charge in [0.25, 0.3) is 0 Å². The van der Waals surface area contributed by atoms with Gasteiger partial charge in [0.1, 0.15) is 12.4 Å². The highest BCUT2D eigenvalue weighted by atomic mass is 16.5. The van der Waals surface area contributed by atoms with Crippen LogP contribution < -0.4 is 0 Å². The first-order valence-electron chi connectivity index (χ1n) is 5.27. The fourth-order valence-electron chi connectivity index (χ4n) is 1.45. The third-order valence-electron chi connectivity index (χ3n) is 2.35. The van der Waals surface area contributed by atoms with Crippen LogP contribution in [0.5, 0.6) is 0 Å². The standard InChI is InChI=1S/C15H14O/c1-13(15-10-6-3-7-11-15)16-12-14-8-4-2-5-9-14/h2-11H,1,12H2. The van der Waals surface area contributed by atoms with Crippen LogP contribution in [0, 0.1) is 0 Å². The maximum atomic E-state index is 5.62. The van der Waals surface area contributed by atoms with Crippen LogP contribution in [0.15, 0.2) is 67.2 Å². The molecule has 0 spiro atoms. The molecule has 0 saturated carbocycles. The molecular formula is C15H14O. The Hall–Kier alpha value is -2.02. The predicted molar refractivity (Wildman–Crippen MR) is 66.7 cm³/mol. The highest BCUT2D eigenvalue weighted by Gasteiger charge is 1.98. The van der Waals surface area contributed by atoms with Gasteiger partial charge in [-0.1, -0.05) is 67.2 Å². The molecule has 0 aliphatic carbocycles. The van der Waals surface area contributed by atoms with E-state index < -0.39 is 0 Å². The highest BCUT2D eigenvalue weighted by molar-refractivity contribution is 5.56. The molecule has 0 aliphatic heterocycles. The van der Waals surface area contributed by atoms with E-state index in [1.54, 1.807) is 0 Å². The van der Waals surface area contributed by atoms with Crippen molar-refractivity contribution < 1.29 is 4.74 Å². The Labute approximate surface area is 96.0 Å². The van der Waals surface area contributed by atoms with E-state index >= 15 is 0 Å². The van der Waals surface area contributed by atoms with Gasteiger partial charge in [-0.25, -0.2) is 0 Å². The van der Waals surface area contributed by atoms with Gasteiger partial charge in [-0.3, -0.25) is 0 Å². The first kappa shape index (κ1) is 10.5. The molecular weight excluding hydrogens is 196 g/mol. The summed E-state index contributed by atoms with van der Waals surface area (Å²) in [5, 5.41) is 0. The molecule has 2 aromatic carbocycles. The van der Waals surface area contributed by atoms with Crippen molar-refractivity contribution in [1.82, 2.24) is 0 Å². The molecule has 1 heteroatoms. The zero-order valence-corrected chi connectivity index (χ0v) is 9.10. The van der Waals surface area contributed by atoms with Gasteiger partial charge in [-0.2, -0.15) is 0 Å². The Morgan fingerprint density at radius 2 is 1.44 bits per heavy atom. The predicted octanol–water partition coefficient (Wildman–Crippen LogP) is 3.87. The fourth-order valence-corrected chi connectivity index (χ4v) is 1.45. The average molecular weight is 210 g/mol. The van der Waals surface area contributed by atoms with E-state index in [9.17, 15) is 0 Å². The Morgan fingerprint density at radius 1 is 0.875 bits per heavy atom. The molecule has 0 aromatic heterocycles. The van der Waals surface area contributed by atoms with Gasteiger partial charge in [0.2, 0.25) is 0 Å². The number of hydrogen-bond acceptors (Lipinski definition) is 1. The largest absolute Gasteiger partial charge is 0.489 e. The van der Waals surface area contributed by atoms with Crippen LogP contribution in [-0.4, -0.2) is 0 Å². The summed E-state index contributed by atoms with van der Waals surface area (Å²) < 4.78 is 5.62. The molecule has 1 nitrogen and oxygen atoms in total. The molecule has 0 amide bonds. The maximum absolute atomic E-state index is 5.62. The first-order chi connectivity index (χ1) is 7.86. The van der Waals surface area contributed by atoms with E-state index in [2.05, 4.69) is 6.58 Å². The topological polar surface area (TPSA) is 9.23 Å². The second kappa shape index (κ2) is 5.17. The normalized spacial score (nSPS) is 9.75. The Morgan fingerprint density at radius 3 is 2.06 bits per heavy atom. The lowest BCUT2D eigenvalue weighted by molar-refractivity contribution is 0.265. The Balaban J connectivity index is 1.95. The van der Waals surface area contributed by atoms with E-state index in [1.165, 1.54) is 0 Å². The van der Waals surface area contributed by atoms with Crippen molar-refractivity contribution in [3.8, 4) is 0 Å². The van der Waals surface area contributed by atoms with Gasteiger partial charge in [0.05, 0.1) is 0 Å². The van der Waals surface area contributed by atoms with Crippen molar-refractivity contribution in [3.05, 3.63) is 78.4 Å². The van der Waals surface area contributed by atoms with E-state index in [1.807, 2.05) is 60.7 Å². The summed E-state index contributed by atoms with van der Waals surface area (Å²) in [7, 11) is 0. The molecule has 16 heavy (non-hydrogen) atoms. The number of ether oxygens (including phenoxy) is 1. The van der Waals surface area contributed by atoms with Gasteiger partial charge in [-0.05, 0) is 5.56 Å². The second-order valence-corrected chi connectivity index (χ2v) is 3.56. The van der Waals surface area contributed by atoms with E-state index in [0.29, 0.717) is 12.4 Å². The number of benzene rings is 2. The molecule has 0 saturated heterocycles. The molecule has 0 radical (unpaired) electrons. The molecule has 2 rings (SSSR count). The SMILES string of the molecule is C=C(OCc1ccccc1)c1ccccc1. The zero-order chi connectivity index (χ0) is 11.2. The monoisotopic (exact) mass is 210 g/mol. The highest BCUT2D eigenvalue weighted by Crippen LogP contribution is 2.15. The van der Waals surface area contributed by atoms with Crippen LogP contribution in [0.2, 0.25) is 0 Å². The fraction of sp³-hybridized carbons (Fsp3) is 0.0667. The molecule has 80 valence electrons. The first-order valence-corrected chi connectivity index (χ1v) is 5.27. The Kier molecular flexibility index (Phi) is 3.39. The van der Waals surface area contributed by atoms with Gasteiger partial charge in [-0.15, -0.1) is 0 Å².